The largest absolute Gasteiger partial charge is 0.480 e. The molecule has 17 heavy (non-hydrogen) atoms. The van der Waals surface area contributed by atoms with E-state index < -0.39 is 24.5 Å². The molecule has 0 fully saturated rings. The van der Waals surface area contributed by atoms with Crippen molar-refractivity contribution in [2.75, 3.05) is 6.54 Å². The maximum absolute atomic E-state index is 11.6. The van der Waals surface area contributed by atoms with Crippen LogP contribution >= 0.6 is 0 Å². The molecule has 0 bridgehead atoms. The molecule has 1 rings (SSSR count). The van der Waals surface area contributed by atoms with Crippen LogP contribution in [0.4, 0.5) is 0 Å². The molecule has 0 saturated heterocycles. The Morgan fingerprint density at radius 1 is 1.29 bits per heavy atom. The van der Waals surface area contributed by atoms with Gasteiger partial charge in [0.05, 0.1) is 0 Å². The summed E-state index contributed by atoms with van der Waals surface area (Å²) in [6, 6.07) is 7.54. The SMILES string of the molecule is O=[C]N[C@@H](C(=O)NCC(=O)O)c1ccccc1. The molecule has 0 aliphatic heterocycles. The van der Waals surface area contributed by atoms with Gasteiger partial charge in [0, 0.05) is 0 Å². The summed E-state index contributed by atoms with van der Waals surface area (Å²) in [5.41, 5.74) is 0.554. The van der Waals surface area contributed by atoms with Gasteiger partial charge in [-0.1, -0.05) is 30.3 Å². The van der Waals surface area contributed by atoms with E-state index >= 15 is 0 Å². The lowest BCUT2D eigenvalue weighted by atomic mass is 10.1. The summed E-state index contributed by atoms with van der Waals surface area (Å²) in [6.07, 6.45) is 1.43. The highest BCUT2D eigenvalue weighted by Gasteiger charge is 2.19. The van der Waals surface area contributed by atoms with Gasteiger partial charge in [-0.3, -0.25) is 14.4 Å². The molecule has 0 spiro atoms. The Morgan fingerprint density at radius 3 is 2.47 bits per heavy atom. The van der Waals surface area contributed by atoms with Crippen molar-refractivity contribution in [3.63, 3.8) is 0 Å². The molecule has 1 atom stereocenters. The van der Waals surface area contributed by atoms with E-state index in [0.29, 0.717) is 5.56 Å². The molecular weight excluding hydrogens is 224 g/mol. The van der Waals surface area contributed by atoms with Crippen LogP contribution in [0.1, 0.15) is 11.6 Å². The zero-order valence-electron chi connectivity index (χ0n) is 8.84. The van der Waals surface area contributed by atoms with Crippen LogP contribution in [0.5, 0.6) is 0 Å². The third-order valence-corrected chi connectivity index (χ3v) is 2.01. The zero-order chi connectivity index (χ0) is 12.7. The first-order valence-corrected chi connectivity index (χ1v) is 4.82. The van der Waals surface area contributed by atoms with Crippen molar-refractivity contribution in [3.8, 4) is 0 Å². The number of carboxylic acid groups (broad SMARTS) is 1. The van der Waals surface area contributed by atoms with Crippen LogP contribution in [0.25, 0.3) is 0 Å². The van der Waals surface area contributed by atoms with Gasteiger partial charge < -0.3 is 15.7 Å². The summed E-state index contributed by atoms with van der Waals surface area (Å²) in [6.45, 7) is -0.497. The van der Waals surface area contributed by atoms with E-state index in [4.69, 9.17) is 5.11 Å². The lowest BCUT2D eigenvalue weighted by Gasteiger charge is -2.14. The van der Waals surface area contributed by atoms with Gasteiger partial charge in [0.1, 0.15) is 12.6 Å². The van der Waals surface area contributed by atoms with Gasteiger partial charge in [-0.15, -0.1) is 0 Å². The molecule has 1 aromatic rings. The number of rotatable bonds is 6. The van der Waals surface area contributed by atoms with Gasteiger partial charge in [0.2, 0.25) is 5.91 Å². The molecule has 0 aliphatic rings. The molecular formula is C11H11N2O4. The van der Waals surface area contributed by atoms with E-state index in [1.54, 1.807) is 30.3 Å². The fourth-order valence-electron chi connectivity index (χ4n) is 1.27. The average molecular weight is 235 g/mol. The lowest BCUT2D eigenvalue weighted by Crippen LogP contribution is -2.39. The third-order valence-electron chi connectivity index (χ3n) is 2.01. The van der Waals surface area contributed by atoms with Crippen molar-refractivity contribution in [1.82, 2.24) is 10.6 Å². The summed E-state index contributed by atoms with van der Waals surface area (Å²) in [5, 5.41) is 12.8. The van der Waals surface area contributed by atoms with Crippen molar-refractivity contribution < 1.29 is 19.5 Å². The Morgan fingerprint density at radius 2 is 1.94 bits per heavy atom. The molecule has 6 nitrogen and oxygen atoms in total. The van der Waals surface area contributed by atoms with Gasteiger partial charge in [-0.25, -0.2) is 0 Å². The van der Waals surface area contributed by atoms with Crippen molar-refractivity contribution >= 4 is 18.3 Å². The predicted molar refractivity (Wildman–Crippen MR) is 58.7 cm³/mol. The highest BCUT2D eigenvalue weighted by atomic mass is 16.4. The molecule has 0 saturated carbocycles. The van der Waals surface area contributed by atoms with E-state index in [-0.39, 0.29) is 0 Å². The van der Waals surface area contributed by atoms with E-state index in [0.717, 1.165) is 0 Å². The maximum atomic E-state index is 11.6. The van der Waals surface area contributed by atoms with Crippen LogP contribution < -0.4 is 10.6 Å². The van der Waals surface area contributed by atoms with E-state index in [1.165, 1.54) is 6.41 Å². The molecule has 3 N–H and O–H groups in total. The van der Waals surface area contributed by atoms with Crippen LogP contribution in [0, 0.1) is 0 Å². The van der Waals surface area contributed by atoms with E-state index in [9.17, 15) is 14.4 Å². The molecule has 6 heteroatoms. The van der Waals surface area contributed by atoms with Gasteiger partial charge in [-0.2, -0.15) is 0 Å². The van der Waals surface area contributed by atoms with Crippen molar-refractivity contribution in [1.29, 1.82) is 0 Å². The fourth-order valence-corrected chi connectivity index (χ4v) is 1.27. The fraction of sp³-hybridized carbons (Fsp3) is 0.182. The number of benzene rings is 1. The smallest absolute Gasteiger partial charge is 0.322 e. The van der Waals surface area contributed by atoms with Crippen LogP contribution in [-0.4, -0.2) is 29.9 Å². The standard InChI is InChI=1S/C11H11N2O4/c14-7-13-10(8-4-2-1-3-5-8)11(17)12-6-9(15)16/h1-5,10H,6H2,(H,12,17)(H,13,14)(H,15,16)/t10-/m1/s1. The highest BCUT2D eigenvalue weighted by molar-refractivity contribution is 5.87. The normalized spacial score (nSPS) is 11.3. The van der Waals surface area contributed by atoms with Crippen LogP contribution in [-0.2, 0) is 14.4 Å². The summed E-state index contributed by atoms with van der Waals surface area (Å²) in [5.74, 6) is -1.75. The monoisotopic (exact) mass is 235 g/mol. The molecule has 0 aromatic heterocycles. The molecule has 0 aliphatic carbocycles. The Balaban J connectivity index is 2.75. The number of hydrogen-bond donors (Lipinski definition) is 3. The zero-order valence-corrected chi connectivity index (χ0v) is 8.84. The molecule has 1 aromatic carbocycles. The van der Waals surface area contributed by atoms with Crippen molar-refractivity contribution in [2.45, 2.75) is 6.04 Å². The number of carboxylic acids is 1. The minimum atomic E-state index is -1.15. The minimum Gasteiger partial charge on any atom is -0.480 e. The Kier molecular flexibility index (Phi) is 4.68. The second-order valence-corrected chi connectivity index (χ2v) is 3.20. The first-order chi connectivity index (χ1) is 8.15. The van der Waals surface area contributed by atoms with Gasteiger partial charge >= 0.3 is 12.4 Å². The number of amides is 2. The van der Waals surface area contributed by atoms with Gasteiger partial charge in [-0.05, 0) is 5.56 Å². The molecule has 0 unspecified atom stereocenters. The summed E-state index contributed by atoms with van der Waals surface area (Å²) in [4.78, 5) is 32.2. The molecule has 1 radical (unpaired) electrons. The van der Waals surface area contributed by atoms with Crippen LogP contribution in [0.3, 0.4) is 0 Å². The van der Waals surface area contributed by atoms with Crippen LogP contribution in [0.2, 0.25) is 0 Å². The second kappa shape index (κ2) is 6.26. The topological polar surface area (TPSA) is 95.5 Å². The summed E-state index contributed by atoms with van der Waals surface area (Å²) >= 11 is 0. The maximum Gasteiger partial charge on any atom is 0.322 e. The predicted octanol–water partition coefficient (Wildman–Crippen LogP) is -0.415. The average Bonchev–Trinajstić information content (AvgIpc) is 2.34. The molecule has 89 valence electrons. The number of carbonyl (C=O) groups excluding carboxylic acids is 2. The second-order valence-electron chi connectivity index (χ2n) is 3.20. The Labute approximate surface area is 97.6 Å². The first kappa shape index (κ1) is 12.7. The number of carbonyl (C=O) groups is 2. The molecule has 0 heterocycles. The third kappa shape index (κ3) is 3.94. The van der Waals surface area contributed by atoms with Crippen molar-refractivity contribution in [2.24, 2.45) is 0 Å². The highest BCUT2D eigenvalue weighted by Crippen LogP contribution is 2.11. The lowest BCUT2D eigenvalue weighted by molar-refractivity contribution is -0.138. The number of hydrogen-bond acceptors (Lipinski definition) is 3. The summed E-state index contributed by atoms with van der Waals surface area (Å²) in [7, 11) is 0. The van der Waals surface area contributed by atoms with E-state index in [2.05, 4.69) is 10.6 Å². The Hall–Kier alpha value is -2.37. The minimum absolute atomic E-state index is 0.497. The quantitative estimate of drug-likeness (QED) is 0.584. The Bertz CT molecular complexity index is 405. The summed E-state index contributed by atoms with van der Waals surface area (Å²) < 4.78 is 0. The van der Waals surface area contributed by atoms with E-state index in [1.807, 2.05) is 0 Å². The van der Waals surface area contributed by atoms with Gasteiger partial charge in [0.15, 0.2) is 0 Å². The molecule has 2 amide bonds. The first-order valence-electron chi connectivity index (χ1n) is 4.82. The van der Waals surface area contributed by atoms with Crippen LogP contribution in [0.15, 0.2) is 30.3 Å². The van der Waals surface area contributed by atoms with Gasteiger partial charge in [0.25, 0.3) is 0 Å². The number of nitrogens with one attached hydrogen (secondary N) is 2. The number of aliphatic carboxylic acids is 1. The van der Waals surface area contributed by atoms with Crippen molar-refractivity contribution in [3.05, 3.63) is 35.9 Å².